The Kier molecular flexibility index (Phi) is 6.27. The van der Waals surface area contributed by atoms with Gasteiger partial charge in [-0.15, -0.1) is 0 Å². The van der Waals surface area contributed by atoms with Crippen molar-refractivity contribution in [3.05, 3.63) is 47.1 Å². The Morgan fingerprint density at radius 1 is 0.909 bits per heavy atom. The first kappa shape index (κ1) is 17.7. The van der Waals surface area contributed by atoms with E-state index in [0.29, 0.717) is 5.41 Å². The zero-order valence-corrected chi connectivity index (χ0v) is 15.8. The smallest absolute Gasteiger partial charge is 0.0196 e. The minimum Gasteiger partial charge on any atom is -0.0907 e. The van der Waals surface area contributed by atoms with Crippen LogP contribution in [0.2, 0.25) is 0 Å². The van der Waals surface area contributed by atoms with Crippen molar-refractivity contribution in [3.63, 3.8) is 0 Å². The lowest BCUT2D eigenvalue weighted by molar-refractivity contribution is 0.478. The molecule has 0 aromatic heterocycles. The summed E-state index contributed by atoms with van der Waals surface area (Å²) in [6.45, 7) is 16.2. The highest BCUT2D eigenvalue weighted by molar-refractivity contribution is 7.67. The molecule has 2 rings (SSSR count). The van der Waals surface area contributed by atoms with Crippen LogP contribution < -0.4 is 0 Å². The van der Waals surface area contributed by atoms with Crippen molar-refractivity contribution in [3.8, 4) is 0 Å². The molecule has 22 heavy (non-hydrogen) atoms. The van der Waals surface area contributed by atoms with E-state index in [-0.39, 0.29) is 7.92 Å². The van der Waals surface area contributed by atoms with Gasteiger partial charge < -0.3 is 0 Å². The lowest BCUT2D eigenvalue weighted by Crippen LogP contribution is -2.13. The van der Waals surface area contributed by atoms with E-state index in [9.17, 15) is 0 Å². The third-order valence-electron chi connectivity index (χ3n) is 4.61. The van der Waals surface area contributed by atoms with Crippen LogP contribution in [-0.4, -0.2) is 6.16 Å². The summed E-state index contributed by atoms with van der Waals surface area (Å²) >= 11 is 0. The van der Waals surface area contributed by atoms with E-state index < -0.39 is 0 Å². The Morgan fingerprint density at radius 3 is 1.68 bits per heavy atom. The Bertz CT molecular complexity index is 447. The van der Waals surface area contributed by atoms with Crippen molar-refractivity contribution in [1.29, 1.82) is 0 Å². The summed E-state index contributed by atoms with van der Waals surface area (Å²) < 4.78 is 0. The molecule has 0 N–H and O–H groups in total. The number of hydrogen-bond acceptors (Lipinski definition) is 0. The number of allylic oxidation sites excluding steroid dienone is 6. The van der Waals surface area contributed by atoms with Crippen LogP contribution in [0.3, 0.4) is 0 Å². The quantitative estimate of drug-likeness (QED) is 0.459. The van der Waals surface area contributed by atoms with Gasteiger partial charge in [0.05, 0.1) is 0 Å². The molecule has 0 aromatic carbocycles. The van der Waals surface area contributed by atoms with Gasteiger partial charge in [-0.05, 0) is 92.6 Å². The molecule has 2 aliphatic carbocycles. The monoisotopic (exact) mass is 316 g/mol. The van der Waals surface area contributed by atoms with Crippen LogP contribution in [0.15, 0.2) is 47.1 Å². The van der Waals surface area contributed by atoms with Crippen molar-refractivity contribution < 1.29 is 0 Å². The standard InChI is InChI=1S/C21H33P/c1-17(19-12-8-6-9-13-19)22(16-21(3,4)5)18(2)20-14-10-7-11-15-20/h12,14H,1-2,6-11,13,15-16H2,3-5H3. The molecule has 0 aliphatic heterocycles. The molecule has 0 saturated carbocycles. The van der Waals surface area contributed by atoms with Crippen molar-refractivity contribution >= 4 is 7.92 Å². The largest absolute Gasteiger partial charge is 0.0907 e. The third-order valence-corrected chi connectivity index (χ3v) is 7.75. The summed E-state index contributed by atoms with van der Waals surface area (Å²) in [5.41, 5.74) is 3.42. The van der Waals surface area contributed by atoms with Crippen LogP contribution in [0.4, 0.5) is 0 Å². The van der Waals surface area contributed by atoms with E-state index in [1.54, 1.807) is 11.1 Å². The van der Waals surface area contributed by atoms with Crippen molar-refractivity contribution in [2.24, 2.45) is 5.41 Å². The molecular formula is C21H33P. The van der Waals surface area contributed by atoms with Crippen LogP contribution in [0.1, 0.15) is 72.1 Å². The van der Waals surface area contributed by atoms with Gasteiger partial charge in [-0.3, -0.25) is 0 Å². The van der Waals surface area contributed by atoms with Crippen LogP contribution >= 0.6 is 7.92 Å². The molecular weight excluding hydrogens is 283 g/mol. The Hall–Kier alpha value is -0.610. The third kappa shape index (κ3) is 4.95. The van der Waals surface area contributed by atoms with E-state index in [2.05, 4.69) is 46.1 Å². The Labute approximate surface area is 139 Å². The molecule has 0 atom stereocenters. The first-order valence-electron chi connectivity index (χ1n) is 8.93. The maximum atomic E-state index is 4.55. The van der Waals surface area contributed by atoms with Gasteiger partial charge >= 0.3 is 0 Å². The summed E-state index contributed by atoms with van der Waals surface area (Å²) in [6, 6.07) is 0. The van der Waals surface area contributed by atoms with Gasteiger partial charge in [0.2, 0.25) is 0 Å². The van der Waals surface area contributed by atoms with Crippen LogP contribution in [0.5, 0.6) is 0 Å². The normalized spacial score (nSPS) is 19.6. The number of rotatable bonds is 5. The highest BCUT2D eigenvalue weighted by Crippen LogP contribution is 2.60. The molecule has 0 aromatic rings. The van der Waals surface area contributed by atoms with E-state index in [0.717, 1.165) is 0 Å². The van der Waals surface area contributed by atoms with Gasteiger partial charge in [0.1, 0.15) is 0 Å². The number of hydrogen-bond donors (Lipinski definition) is 0. The highest BCUT2D eigenvalue weighted by atomic mass is 31.1. The zero-order valence-electron chi connectivity index (χ0n) is 14.9. The fraction of sp³-hybridized carbons (Fsp3) is 0.619. The topological polar surface area (TPSA) is 0 Å². The second-order valence-electron chi connectivity index (χ2n) is 7.99. The van der Waals surface area contributed by atoms with Crippen LogP contribution in [-0.2, 0) is 0 Å². The predicted molar refractivity (Wildman–Crippen MR) is 103 cm³/mol. The van der Waals surface area contributed by atoms with E-state index in [4.69, 9.17) is 0 Å². The summed E-state index contributed by atoms with van der Waals surface area (Å²) in [6.07, 6.45) is 16.4. The average molecular weight is 316 g/mol. The molecule has 0 radical (unpaired) electrons. The predicted octanol–water partition coefficient (Wildman–Crippen LogP) is 7.54. The summed E-state index contributed by atoms with van der Waals surface area (Å²) in [4.78, 5) is 0. The second-order valence-corrected chi connectivity index (χ2v) is 10.2. The molecule has 0 fully saturated rings. The van der Waals surface area contributed by atoms with Crippen molar-refractivity contribution in [1.82, 2.24) is 0 Å². The summed E-state index contributed by atoms with van der Waals surface area (Å²) in [5, 5.41) is 2.84. The second kappa shape index (κ2) is 7.78. The maximum Gasteiger partial charge on any atom is -0.0196 e. The average Bonchev–Trinajstić information content (AvgIpc) is 2.52. The summed E-state index contributed by atoms with van der Waals surface area (Å²) in [5.74, 6) is 0. The van der Waals surface area contributed by atoms with Gasteiger partial charge in [0.15, 0.2) is 0 Å². The van der Waals surface area contributed by atoms with Gasteiger partial charge in [-0.25, -0.2) is 0 Å². The molecule has 1 heteroatoms. The SMILES string of the molecule is C=C(C1=CCCCC1)P(CC(C)(C)C)C(=C)C1=CCCCC1. The van der Waals surface area contributed by atoms with Crippen molar-refractivity contribution in [2.45, 2.75) is 72.1 Å². The van der Waals surface area contributed by atoms with Gasteiger partial charge in [-0.2, -0.15) is 0 Å². The first-order valence-corrected chi connectivity index (χ1v) is 10.5. The fourth-order valence-corrected chi connectivity index (χ4v) is 6.13. The Balaban J connectivity index is 2.21. The summed E-state index contributed by atoms with van der Waals surface area (Å²) in [7, 11) is -0.342. The lowest BCUT2D eigenvalue weighted by Gasteiger charge is -2.33. The maximum absolute atomic E-state index is 4.55. The molecule has 0 nitrogen and oxygen atoms in total. The van der Waals surface area contributed by atoms with Crippen molar-refractivity contribution in [2.75, 3.05) is 6.16 Å². The molecule has 0 saturated heterocycles. The molecule has 0 heterocycles. The van der Waals surface area contributed by atoms with E-state index in [1.807, 2.05) is 0 Å². The van der Waals surface area contributed by atoms with E-state index in [1.165, 1.54) is 68.2 Å². The fourth-order valence-electron chi connectivity index (χ4n) is 3.38. The minimum absolute atomic E-state index is 0.335. The zero-order chi connectivity index (χ0) is 16.2. The van der Waals surface area contributed by atoms with Crippen LogP contribution in [0, 0.1) is 5.41 Å². The lowest BCUT2D eigenvalue weighted by atomic mass is 9.99. The van der Waals surface area contributed by atoms with Gasteiger partial charge in [0.25, 0.3) is 0 Å². The molecule has 2 aliphatic rings. The Morgan fingerprint density at radius 2 is 1.36 bits per heavy atom. The minimum atomic E-state index is -0.342. The van der Waals surface area contributed by atoms with Gasteiger partial charge in [-0.1, -0.05) is 46.1 Å². The molecule has 0 unspecified atom stereocenters. The first-order chi connectivity index (χ1) is 10.4. The molecule has 0 bridgehead atoms. The van der Waals surface area contributed by atoms with Crippen LogP contribution in [0.25, 0.3) is 0 Å². The van der Waals surface area contributed by atoms with Gasteiger partial charge in [0, 0.05) is 0 Å². The molecule has 0 spiro atoms. The van der Waals surface area contributed by atoms with E-state index >= 15 is 0 Å². The molecule has 122 valence electrons. The molecule has 0 amide bonds. The highest BCUT2D eigenvalue weighted by Gasteiger charge is 2.27.